The quantitative estimate of drug-likeness (QED) is 0.292. The SMILES string of the molecule is COc1ccc2c(OC3CC4C(=O)NC5(C(=O)NS(=O)(=O)C6CC6)CC5C=CCCCCOC(C)(C)C(=O)N4C3)cc(-c3nc(C(C)C)cs3)nc2c1C. The molecule has 4 unspecified atom stereocenters. The standard InChI is InChI=1S/C39H49N5O8S2/c1-22(2)29-21-53-35(41-29)28-18-32(27-14-15-31(50-6)23(3)33(27)40-28)52-25-17-30-34(45)42-39(36(46)43-54(48,49)26-12-13-26)19-24(39)11-9-7-8-10-16-51-38(4,5)37(47)44(30)20-25/h9,11,14-15,18,21-22,24-26,30H,7-8,10,12-13,16-17,19-20H2,1-6H3,(H,42,45)(H,43,46). The highest BCUT2D eigenvalue weighted by atomic mass is 32.2. The molecule has 3 amide bonds. The van der Waals surface area contributed by atoms with Crippen LogP contribution in [0.25, 0.3) is 21.6 Å². The topological polar surface area (TPSA) is 166 Å². The van der Waals surface area contributed by atoms with Crippen molar-refractivity contribution in [3.8, 4) is 22.2 Å². The first-order valence-corrected chi connectivity index (χ1v) is 21.2. The van der Waals surface area contributed by atoms with Crippen LogP contribution in [0, 0.1) is 12.8 Å². The highest BCUT2D eigenvalue weighted by Crippen LogP contribution is 2.46. The van der Waals surface area contributed by atoms with Gasteiger partial charge in [0, 0.05) is 41.3 Å². The van der Waals surface area contributed by atoms with E-state index in [-0.39, 0.29) is 31.2 Å². The summed E-state index contributed by atoms with van der Waals surface area (Å²) in [7, 11) is -2.25. The van der Waals surface area contributed by atoms with Gasteiger partial charge in [-0.1, -0.05) is 26.0 Å². The van der Waals surface area contributed by atoms with Crippen molar-refractivity contribution in [1.82, 2.24) is 24.9 Å². The van der Waals surface area contributed by atoms with Crippen molar-refractivity contribution in [2.45, 2.75) is 114 Å². The predicted molar refractivity (Wildman–Crippen MR) is 205 cm³/mol. The molecule has 290 valence electrons. The molecule has 15 heteroatoms. The summed E-state index contributed by atoms with van der Waals surface area (Å²) in [6.07, 6.45) is 6.80. The van der Waals surface area contributed by atoms with E-state index in [4.69, 9.17) is 24.2 Å². The van der Waals surface area contributed by atoms with Crippen molar-refractivity contribution in [2.75, 3.05) is 20.3 Å². The van der Waals surface area contributed by atoms with Crippen molar-refractivity contribution >= 4 is 50.0 Å². The number of nitrogens with one attached hydrogen (secondary N) is 2. The highest BCUT2D eigenvalue weighted by molar-refractivity contribution is 7.91. The molecule has 2 aliphatic heterocycles. The summed E-state index contributed by atoms with van der Waals surface area (Å²) in [4.78, 5) is 53.7. The zero-order valence-corrected chi connectivity index (χ0v) is 33.3. The Hall–Kier alpha value is -4.08. The van der Waals surface area contributed by atoms with Crippen LogP contribution in [0.4, 0.5) is 0 Å². The monoisotopic (exact) mass is 779 g/mol. The molecule has 1 aromatic carbocycles. The van der Waals surface area contributed by atoms with Gasteiger partial charge in [0.2, 0.25) is 15.9 Å². The number of methoxy groups -OCH3 is 1. The minimum Gasteiger partial charge on any atom is -0.496 e. The molecule has 4 atom stereocenters. The molecule has 54 heavy (non-hydrogen) atoms. The number of pyridine rings is 1. The van der Waals surface area contributed by atoms with E-state index in [1.165, 1.54) is 16.2 Å². The molecule has 0 spiro atoms. The largest absolute Gasteiger partial charge is 0.496 e. The second kappa shape index (κ2) is 14.5. The van der Waals surface area contributed by atoms with E-state index in [0.29, 0.717) is 55.0 Å². The van der Waals surface area contributed by atoms with Gasteiger partial charge in [-0.25, -0.2) is 18.4 Å². The first-order chi connectivity index (χ1) is 25.6. The number of carbonyl (C=O) groups is 3. The molecule has 0 radical (unpaired) electrons. The third kappa shape index (κ3) is 7.46. The normalized spacial score (nSPS) is 26.1. The minimum absolute atomic E-state index is 0.0747. The van der Waals surface area contributed by atoms with E-state index in [0.717, 1.165) is 28.1 Å². The molecule has 4 aliphatic rings. The fourth-order valence-electron chi connectivity index (χ4n) is 7.34. The second-order valence-electron chi connectivity index (χ2n) is 15.7. The van der Waals surface area contributed by atoms with Gasteiger partial charge in [0.1, 0.15) is 45.5 Å². The molecule has 2 N–H and O–H groups in total. The Morgan fingerprint density at radius 1 is 1.15 bits per heavy atom. The number of rotatable bonds is 8. The maximum absolute atomic E-state index is 14.4. The number of sulfonamides is 1. The predicted octanol–water partition coefficient (Wildman–Crippen LogP) is 5.17. The van der Waals surface area contributed by atoms with Crippen LogP contribution in [0.15, 0.2) is 35.7 Å². The van der Waals surface area contributed by atoms with Gasteiger partial charge in [-0.15, -0.1) is 11.3 Å². The van der Waals surface area contributed by atoms with Gasteiger partial charge < -0.3 is 24.4 Å². The number of fused-ring (bicyclic) bond motifs is 3. The number of allylic oxidation sites excluding steroid dienone is 1. The van der Waals surface area contributed by atoms with Crippen molar-refractivity contribution in [3.05, 3.63) is 47.0 Å². The Morgan fingerprint density at radius 3 is 2.63 bits per heavy atom. The van der Waals surface area contributed by atoms with E-state index in [1.807, 2.05) is 42.7 Å². The third-order valence-electron chi connectivity index (χ3n) is 10.9. The average Bonchev–Trinajstić information content (AvgIpc) is 4.00. The van der Waals surface area contributed by atoms with Crippen LogP contribution < -0.4 is 19.5 Å². The number of thiazole rings is 1. The number of ether oxygens (including phenoxy) is 3. The van der Waals surface area contributed by atoms with Crippen LogP contribution in [0.5, 0.6) is 11.5 Å². The van der Waals surface area contributed by atoms with Crippen LogP contribution in [-0.4, -0.2) is 89.8 Å². The number of amides is 3. The van der Waals surface area contributed by atoms with Crippen LogP contribution in [-0.2, 0) is 29.1 Å². The Balaban J connectivity index is 1.23. The van der Waals surface area contributed by atoms with Gasteiger partial charge in [-0.05, 0) is 77.3 Å². The molecule has 2 aliphatic carbocycles. The first kappa shape index (κ1) is 38.2. The smallest absolute Gasteiger partial charge is 0.259 e. The van der Waals surface area contributed by atoms with Gasteiger partial charge in [0.15, 0.2) is 0 Å². The fraction of sp³-hybridized carbons (Fsp3) is 0.564. The number of carbonyl (C=O) groups excluding carboxylic acids is 3. The Labute approximate surface area is 320 Å². The lowest BCUT2D eigenvalue weighted by Crippen LogP contribution is -2.58. The molecule has 7 rings (SSSR count). The molecule has 1 saturated heterocycles. The van der Waals surface area contributed by atoms with Crippen molar-refractivity contribution < 1.29 is 37.0 Å². The van der Waals surface area contributed by atoms with Crippen LogP contribution in [0.2, 0.25) is 0 Å². The average molecular weight is 780 g/mol. The minimum atomic E-state index is -3.86. The molecule has 2 saturated carbocycles. The molecule has 3 aromatic rings. The number of hydrogen-bond acceptors (Lipinski definition) is 11. The van der Waals surface area contributed by atoms with Crippen LogP contribution >= 0.6 is 11.3 Å². The maximum atomic E-state index is 14.4. The fourth-order valence-corrected chi connectivity index (χ4v) is 9.64. The summed E-state index contributed by atoms with van der Waals surface area (Å²) in [6, 6.07) is 4.57. The van der Waals surface area contributed by atoms with E-state index < -0.39 is 56.3 Å². The Morgan fingerprint density at radius 2 is 1.93 bits per heavy atom. The van der Waals surface area contributed by atoms with Crippen molar-refractivity contribution in [3.63, 3.8) is 0 Å². The van der Waals surface area contributed by atoms with Crippen LogP contribution in [0.1, 0.15) is 89.8 Å². The lowest BCUT2D eigenvalue weighted by molar-refractivity contribution is -0.157. The lowest BCUT2D eigenvalue weighted by atomic mass is 10.1. The van der Waals surface area contributed by atoms with Crippen molar-refractivity contribution in [2.24, 2.45) is 5.92 Å². The summed E-state index contributed by atoms with van der Waals surface area (Å²) in [5, 5.41) is 5.82. The first-order valence-electron chi connectivity index (χ1n) is 18.7. The number of benzene rings is 1. The third-order valence-corrected chi connectivity index (χ3v) is 13.6. The van der Waals surface area contributed by atoms with Gasteiger partial charge in [0.25, 0.3) is 11.8 Å². The van der Waals surface area contributed by atoms with Gasteiger partial charge in [-0.3, -0.25) is 19.1 Å². The molecular formula is C39H49N5O8S2. The number of aryl methyl sites for hydroxylation is 1. The zero-order chi connectivity index (χ0) is 38.6. The van der Waals surface area contributed by atoms with E-state index in [9.17, 15) is 22.8 Å². The Bertz CT molecular complexity index is 2110. The van der Waals surface area contributed by atoms with Gasteiger partial charge in [0.05, 0.1) is 30.1 Å². The van der Waals surface area contributed by atoms with Crippen molar-refractivity contribution in [1.29, 1.82) is 0 Å². The molecule has 2 aromatic heterocycles. The highest BCUT2D eigenvalue weighted by Gasteiger charge is 2.62. The van der Waals surface area contributed by atoms with Gasteiger partial charge >= 0.3 is 0 Å². The zero-order valence-electron chi connectivity index (χ0n) is 31.6. The summed E-state index contributed by atoms with van der Waals surface area (Å²) < 4.78 is 46.4. The molecule has 4 heterocycles. The number of nitrogens with zero attached hydrogens (tertiary/aromatic N) is 3. The second-order valence-corrected chi connectivity index (χ2v) is 18.5. The summed E-state index contributed by atoms with van der Waals surface area (Å²) in [5.74, 6) is -0.648. The summed E-state index contributed by atoms with van der Waals surface area (Å²) >= 11 is 1.50. The summed E-state index contributed by atoms with van der Waals surface area (Å²) in [6.45, 7) is 9.93. The summed E-state index contributed by atoms with van der Waals surface area (Å²) in [5.41, 5.74) is 0.397. The molecular weight excluding hydrogens is 731 g/mol. The number of aromatic nitrogens is 2. The van der Waals surface area contributed by atoms with E-state index in [2.05, 4.69) is 23.9 Å². The van der Waals surface area contributed by atoms with E-state index >= 15 is 0 Å². The van der Waals surface area contributed by atoms with E-state index in [1.54, 1.807) is 21.0 Å². The number of hydrogen-bond donors (Lipinski definition) is 2. The Kier molecular flexibility index (Phi) is 10.3. The lowest BCUT2D eigenvalue weighted by Gasteiger charge is -2.33. The molecule has 3 fully saturated rings. The maximum Gasteiger partial charge on any atom is 0.259 e. The van der Waals surface area contributed by atoms with Crippen LogP contribution in [0.3, 0.4) is 0 Å². The molecule has 13 nitrogen and oxygen atoms in total. The van der Waals surface area contributed by atoms with Gasteiger partial charge in [-0.2, -0.15) is 0 Å². The molecule has 0 bridgehead atoms.